The van der Waals surface area contributed by atoms with Crippen molar-refractivity contribution in [2.75, 3.05) is 13.7 Å². The number of unbranched alkanes of at least 4 members (excludes halogenated alkanes) is 4. The van der Waals surface area contributed by atoms with Crippen molar-refractivity contribution < 1.29 is 28.7 Å². The molecular weight excluding hydrogens is 570 g/mol. The number of hydrazine groups is 1. The van der Waals surface area contributed by atoms with E-state index in [4.69, 9.17) is 9.47 Å². The lowest BCUT2D eigenvalue weighted by atomic mass is 9.86. The van der Waals surface area contributed by atoms with E-state index >= 15 is 0 Å². The second-order valence-electron chi connectivity index (χ2n) is 12.2. The molecule has 0 saturated carbocycles. The summed E-state index contributed by atoms with van der Waals surface area (Å²) in [6.45, 7) is 10.6. The third-order valence-electron chi connectivity index (χ3n) is 7.62. The van der Waals surface area contributed by atoms with Gasteiger partial charge in [0.1, 0.15) is 5.75 Å². The fourth-order valence-corrected chi connectivity index (χ4v) is 4.68. The zero-order chi connectivity index (χ0) is 33.0. The van der Waals surface area contributed by atoms with Crippen LogP contribution in [-0.2, 0) is 20.5 Å². The fourth-order valence-electron chi connectivity index (χ4n) is 4.68. The second kappa shape index (κ2) is 15.9. The molecule has 240 valence electrons. The molecule has 0 aromatic heterocycles. The number of methoxy groups -OCH3 is 1. The fraction of sp³-hybridized carbons (Fsp3) is 0.389. The number of hydrogen-bond donors (Lipinski definition) is 3. The molecule has 3 N–H and O–H groups in total. The molecule has 3 aromatic rings. The summed E-state index contributed by atoms with van der Waals surface area (Å²) in [6, 6.07) is 20.0. The van der Waals surface area contributed by atoms with Crippen LogP contribution in [0, 0.1) is 0 Å². The highest BCUT2D eigenvalue weighted by atomic mass is 16.5. The van der Waals surface area contributed by atoms with Crippen LogP contribution in [0.2, 0.25) is 0 Å². The minimum Gasteiger partial charge on any atom is -0.494 e. The Morgan fingerprint density at radius 1 is 0.622 bits per heavy atom. The van der Waals surface area contributed by atoms with Crippen LogP contribution in [0.25, 0.3) is 0 Å². The molecule has 9 heteroatoms. The van der Waals surface area contributed by atoms with Crippen LogP contribution >= 0.6 is 0 Å². The first-order chi connectivity index (χ1) is 21.4. The number of esters is 1. The highest BCUT2D eigenvalue weighted by Crippen LogP contribution is 2.25. The summed E-state index contributed by atoms with van der Waals surface area (Å²) in [5.74, 6) is -1.48. The quantitative estimate of drug-likeness (QED) is 0.119. The second-order valence-corrected chi connectivity index (χ2v) is 12.2. The van der Waals surface area contributed by atoms with Gasteiger partial charge in [0, 0.05) is 16.7 Å². The van der Waals surface area contributed by atoms with Crippen LogP contribution in [-0.4, -0.2) is 37.4 Å². The first-order valence-corrected chi connectivity index (χ1v) is 15.3. The van der Waals surface area contributed by atoms with Crippen molar-refractivity contribution in [3.05, 3.63) is 101 Å². The molecule has 0 unspecified atom stereocenters. The molecule has 1 atom stereocenters. The first-order valence-electron chi connectivity index (χ1n) is 15.3. The monoisotopic (exact) mass is 615 g/mol. The smallest absolute Gasteiger partial charge is 0.336 e. The normalized spacial score (nSPS) is 12.4. The average Bonchev–Trinajstić information content (AvgIpc) is 3.04. The van der Waals surface area contributed by atoms with E-state index in [9.17, 15) is 19.2 Å². The van der Waals surface area contributed by atoms with Crippen molar-refractivity contribution in [2.45, 2.75) is 77.7 Å². The standard InChI is InChI=1S/C36H45N3O6/c1-7-8-9-10-11-24-45-30-22-16-27(17-23-30)33(42)39-38-32(41)26-14-20-29(21-15-26)36(5,34(43)44-6)37-31(40)25-12-18-28(19-13-25)35(2,3)4/h12-23H,7-11,24H2,1-6H3,(H,37,40)(H,38,41)(H,39,42)/t36-/m0/s1. The summed E-state index contributed by atoms with van der Waals surface area (Å²) in [6.07, 6.45) is 5.74. The van der Waals surface area contributed by atoms with Crippen molar-refractivity contribution in [1.82, 2.24) is 16.2 Å². The van der Waals surface area contributed by atoms with Gasteiger partial charge in [-0.1, -0.05) is 77.6 Å². The summed E-state index contributed by atoms with van der Waals surface area (Å²) in [5.41, 5.74) is 5.69. The zero-order valence-electron chi connectivity index (χ0n) is 27.1. The highest BCUT2D eigenvalue weighted by Gasteiger charge is 2.38. The number of hydrogen-bond acceptors (Lipinski definition) is 6. The Morgan fingerprint density at radius 3 is 1.58 bits per heavy atom. The van der Waals surface area contributed by atoms with E-state index < -0.39 is 29.2 Å². The Morgan fingerprint density at radius 2 is 1.09 bits per heavy atom. The third-order valence-corrected chi connectivity index (χ3v) is 7.62. The first kappa shape index (κ1) is 34.8. The van der Waals surface area contributed by atoms with Gasteiger partial charge in [0.05, 0.1) is 13.7 Å². The van der Waals surface area contributed by atoms with Crippen LogP contribution in [0.1, 0.15) is 109 Å². The van der Waals surface area contributed by atoms with Crippen molar-refractivity contribution in [3.63, 3.8) is 0 Å². The van der Waals surface area contributed by atoms with Crippen molar-refractivity contribution in [1.29, 1.82) is 0 Å². The van der Waals surface area contributed by atoms with E-state index in [1.54, 1.807) is 55.5 Å². The highest BCUT2D eigenvalue weighted by molar-refractivity contribution is 6.00. The Balaban J connectivity index is 1.59. The van der Waals surface area contributed by atoms with Gasteiger partial charge in [0.25, 0.3) is 17.7 Å². The van der Waals surface area contributed by atoms with Gasteiger partial charge in [-0.15, -0.1) is 0 Å². The lowest BCUT2D eigenvalue weighted by molar-refractivity contribution is -0.148. The number of ether oxygens (including phenoxy) is 2. The van der Waals surface area contributed by atoms with E-state index in [-0.39, 0.29) is 11.0 Å². The maximum Gasteiger partial charge on any atom is 0.336 e. The molecule has 0 heterocycles. The molecule has 0 fully saturated rings. The maximum absolute atomic E-state index is 13.1. The van der Waals surface area contributed by atoms with Crippen molar-refractivity contribution in [2.24, 2.45) is 0 Å². The molecule has 0 saturated heterocycles. The third kappa shape index (κ3) is 9.66. The Hall–Kier alpha value is -4.66. The van der Waals surface area contributed by atoms with Crippen molar-refractivity contribution >= 4 is 23.7 Å². The molecule has 3 rings (SSSR count). The lowest BCUT2D eigenvalue weighted by Crippen LogP contribution is -2.50. The molecule has 0 aliphatic carbocycles. The van der Waals surface area contributed by atoms with E-state index in [0.717, 1.165) is 18.4 Å². The zero-order valence-corrected chi connectivity index (χ0v) is 27.1. The molecule has 0 spiro atoms. The summed E-state index contributed by atoms with van der Waals surface area (Å²) in [7, 11) is 1.24. The Kier molecular flexibility index (Phi) is 12.3. The molecule has 0 aliphatic rings. The SMILES string of the molecule is CCCCCCCOc1ccc(C(=O)NNC(=O)c2ccc([C@](C)(NC(=O)c3ccc(C(C)(C)C)cc3)C(=O)OC)cc2)cc1. The van der Waals surface area contributed by atoms with E-state index in [1.807, 2.05) is 12.1 Å². The minimum absolute atomic E-state index is 0.0693. The van der Waals surface area contributed by atoms with Gasteiger partial charge < -0.3 is 14.8 Å². The maximum atomic E-state index is 13.1. The van der Waals surface area contributed by atoms with Gasteiger partial charge in [-0.25, -0.2) is 4.79 Å². The molecular formula is C36H45N3O6. The average molecular weight is 616 g/mol. The van der Waals surface area contributed by atoms with Crippen LogP contribution < -0.4 is 20.9 Å². The molecule has 0 radical (unpaired) electrons. The molecule has 45 heavy (non-hydrogen) atoms. The van der Waals surface area contributed by atoms with E-state index in [2.05, 4.69) is 43.9 Å². The van der Waals surface area contributed by atoms with Crippen LogP contribution in [0.4, 0.5) is 0 Å². The number of benzene rings is 3. The predicted octanol–water partition coefficient (Wildman–Crippen LogP) is 6.23. The van der Waals surface area contributed by atoms with Crippen LogP contribution in [0.3, 0.4) is 0 Å². The van der Waals surface area contributed by atoms with Crippen molar-refractivity contribution in [3.8, 4) is 5.75 Å². The molecule has 0 bridgehead atoms. The molecule has 3 aromatic carbocycles. The molecule has 3 amide bonds. The largest absolute Gasteiger partial charge is 0.494 e. The lowest BCUT2D eigenvalue weighted by Gasteiger charge is -2.29. The van der Waals surface area contributed by atoms with Gasteiger partial charge in [0.2, 0.25) is 0 Å². The number of amides is 3. The van der Waals surface area contributed by atoms with Gasteiger partial charge in [-0.05, 0) is 78.4 Å². The van der Waals surface area contributed by atoms with Crippen LogP contribution in [0.15, 0.2) is 72.8 Å². The number of carbonyl (C=O) groups excluding carboxylic acids is 4. The Labute approximate surface area is 266 Å². The predicted molar refractivity (Wildman–Crippen MR) is 174 cm³/mol. The van der Waals surface area contributed by atoms with Gasteiger partial charge in [-0.3, -0.25) is 25.2 Å². The van der Waals surface area contributed by atoms with Gasteiger partial charge >= 0.3 is 5.97 Å². The Bertz CT molecular complexity index is 1440. The van der Waals surface area contributed by atoms with E-state index in [1.165, 1.54) is 38.5 Å². The molecule has 9 nitrogen and oxygen atoms in total. The van der Waals surface area contributed by atoms with Gasteiger partial charge in [-0.2, -0.15) is 0 Å². The van der Waals surface area contributed by atoms with E-state index in [0.29, 0.717) is 29.0 Å². The topological polar surface area (TPSA) is 123 Å². The summed E-state index contributed by atoms with van der Waals surface area (Å²) < 4.78 is 10.7. The number of carbonyl (C=O) groups is 4. The van der Waals surface area contributed by atoms with Crippen LogP contribution in [0.5, 0.6) is 5.75 Å². The summed E-state index contributed by atoms with van der Waals surface area (Å²) >= 11 is 0. The summed E-state index contributed by atoms with van der Waals surface area (Å²) in [5, 5.41) is 2.79. The summed E-state index contributed by atoms with van der Waals surface area (Å²) in [4.78, 5) is 51.3. The number of rotatable bonds is 13. The van der Waals surface area contributed by atoms with Gasteiger partial charge in [0.15, 0.2) is 5.54 Å². The minimum atomic E-state index is -1.53. The number of nitrogens with one attached hydrogen (secondary N) is 3. The molecule has 0 aliphatic heterocycles.